The van der Waals surface area contributed by atoms with E-state index in [0.717, 1.165) is 12.8 Å². The largest absolute Gasteiger partial charge is 0.328 e. The minimum Gasteiger partial charge on any atom is -0.324 e. The first-order valence-corrected chi connectivity index (χ1v) is 7.22. The molecule has 1 atom stereocenters. The van der Waals surface area contributed by atoms with E-state index in [4.69, 9.17) is 4.89 Å². The van der Waals surface area contributed by atoms with Gasteiger partial charge in [-0.2, -0.15) is 0 Å². The van der Waals surface area contributed by atoms with Gasteiger partial charge in [0, 0.05) is 20.0 Å². The predicted molar refractivity (Wildman–Crippen MR) is 62.9 cm³/mol. The van der Waals surface area contributed by atoms with Crippen LogP contribution < -0.4 is 0 Å². The van der Waals surface area contributed by atoms with Gasteiger partial charge >= 0.3 is 7.60 Å². The maximum atomic E-state index is 11.0. The van der Waals surface area contributed by atoms with Crippen molar-refractivity contribution in [1.82, 2.24) is 0 Å². The highest BCUT2D eigenvalue weighted by Gasteiger charge is 2.14. The van der Waals surface area contributed by atoms with E-state index in [1.54, 1.807) is 0 Å². The molecule has 0 saturated heterocycles. The van der Waals surface area contributed by atoms with Gasteiger partial charge in [-0.15, -0.1) is 11.8 Å². The fourth-order valence-corrected chi connectivity index (χ4v) is 1.68. The van der Waals surface area contributed by atoms with E-state index in [1.807, 2.05) is 0 Å². The lowest BCUT2D eigenvalue weighted by molar-refractivity contribution is 0.316. The van der Waals surface area contributed by atoms with Crippen LogP contribution in [-0.2, 0) is 9.09 Å². The first kappa shape index (κ1) is 14.7. The Kier molecular flexibility index (Phi) is 8.80. The summed E-state index contributed by atoms with van der Waals surface area (Å²) in [6.45, 7) is 2.18. The molecule has 0 aliphatic heterocycles. The topological polar surface area (TPSA) is 46.5 Å². The van der Waals surface area contributed by atoms with E-state index in [2.05, 4.69) is 23.3 Å². The average Bonchev–Trinajstić information content (AvgIpc) is 2.22. The third-order valence-electron chi connectivity index (χ3n) is 2.08. The summed E-state index contributed by atoms with van der Waals surface area (Å²) in [5.41, 5.74) is 0. The molecule has 1 N–H and O–H groups in total. The molecule has 0 bridgehead atoms. The summed E-state index contributed by atoms with van der Waals surface area (Å²) in [6, 6.07) is 0. The Hall–Kier alpha value is -0.290. The summed E-state index contributed by atoms with van der Waals surface area (Å²) in [5, 5.41) is 0. The average molecular weight is 232 g/mol. The van der Waals surface area contributed by atoms with Crippen LogP contribution in [0.25, 0.3) is 0 Å². The van der Waals surface area contributed by atoms with Crippen LogP contribution in [0, 0.1) is 11.8 Å². The molecule has 15 heavy (non-hydrogen) atoms. The van der Waals surface area contributed by atoms with Gasteiger partial charge in [-0.1, -0.05) is 26.2 Å². The van der Waals surface area contributed by atoms with Crippen LogP contribution in [0.4, 0.5) is 0 Å². The lowest BCUT2D eigenvalue weighted by Crippen LogP contribution is -1.89. The summed E-state index contributed by atoms with van der Waals surface area (Å²) >= 11 is 0. The Balaban J connectivity index is 3.43. The Morgan fingerprint density at radius 2 is 1.87 bits per heavy atom. The van der Waals surface area contributed by atoms with E-state index < -0.39 is 7.60 Å². The molecular weight excluding hydrogens is 211 g/mol. The lowest BCUT2D eigenvalue weighted by atomic mass is 10.1. The molecule has 88 valence electrons. The molecule has 0 aliphatic rings. The smallest absolute Gasteiger partial charge is 0.324 e. The van der Waals surface area contributed by atoms with Crippen LogP contribution >= 0.6 is 7.60 Å². The zero-order valence-corrected chi connectivity index (χ0v) is 10.6. The van der Waals surface area contributed by atoms with Crippen molar-refractivity contribution in [3.05, 3.63) is 0 Å². The van der Waals surface area contributed by atoms with Crippen molar-refractivity contribution in [1.29, 1.82) is 0 Å². The fraction of sp³-hybridized carbons (Fsp3) is 0.818. The monoisotopic (exact) mass is 232 g/mol. The third-order valence-corrected chi connectivity index (χ3v) is 3.44. The van der Waals surface area contributed by atoms with Gasteiger partial charge in [0.2, 0.25) is 0 Å². The summed E-state index contributed by atoms with van der Waals surface area (Å²) < 4.78 is 15.5. The molecule has 0 aromatic rings. The molecule has 0 radical (unpaired) electrons. The molecule has 3 nitrogen and oxygen atoms in total. The quantitative estimate of drug-likeness (QED) is 0.416. The zero-order chi connectivity index (χ0) is 11.6. The van der Waals surface area contributed by atoms with Crippen LogP contribution in [0.2, 0.25) is 0 Å². The van der Waals surface area contributed by atoms with E-state index in [0.29, 0.717) is 6.42 Å². The van der Waals surface area contributed by atoms with Crippen LogP contribution in [0.1, 0.15) is 45.4 Å². The van der Waals surface area contributed by atoms with Crippen molar-refractivity contribution >= 4 is 7.60 Å². The number of rotatable bonds is 7. The Morgan fingerprint density at radius 3 is 2.47 bits per heavy atom. The van der Waals surface area contributed by atoms with Crippen molar-refractivity contribution < 1.29 is 14.0 Å². The van der Waals surface area contributed by atoms with Crippen molar-refractivity contribution in [2.24, 2.45) is 0 Å². The van der Waals surface area contributed by atoms with Gasteiger partial charge in [0.25, 0.3) is 0 Å². The molecule has 0 aromatic heterocycles. The van der Waals surface area contributed by atoms with E-state index in [1.165, 1.54) is 26.4 Å². The Labute approximate surface area is 92.8 Å². The van der Waals surface area contributed by atoms with Crippen molar-refractivity contribution in [3.63, 3.8) is 0 Å². The van der Waals surface area contributed by atoms with E-state index in [-0.39, 0.29) is 6.16 Å². The second-order valence-corrected chi connectivity index (χ2v) is 5.55. The standard InChI is InChI=1S/C11H21O3P/c1-3-4-5-6-7-8-9-10-11-15(12,13)14-2/h3-7,10-11H2,1-2H3,(H,12,13). The highest BCUT2D eigenvalue weighted by molar-refractivity contribution is 7.52. The van der Waals surface area contributed by atoms with Gasteiger partial charge in [-0.05, 0) is 6.42 Å². The van der Waals surface area contributed by atoms with Gasteiger partial charge in [-0.3, -0.25) is 4.57 Å². The second-order valence-electron chi connectivity index (χ2n) is 3.46. The van der Waals surface area contributed by atoms with Crippen LogP contribution in [-0.4, -0.2) is 18.2 Å². The van der Waals surface area contributed by atoms with Gasteiger partial charge in [0.1, 0.15) is 0 Å². The van der Waals surface area contributed by atoms with Crippen molar-refractivity contribution in [2.45, 2.75) is 45.4 Å². The molecule has 1 unspecified atom stereocenters. The predicted octanol–water partition coefficient (Wildman–Crippen LogP) is 3.18. The molecule has 4 heteroatoms. The number of hydrogen-bond acceptors (Lipinski definition) is 2. The van der Waals surface area contributed by atoms with Gasteiger partial charge < -0.3 is 9.42 Å². The minimum absolute atomic E-state index is 0.130. The minimum atomic E-state index is -3.34. The first-order chi connectivity index (χ1) is 7.12. The lowest BCUT2D eigenvalue weighted by Gasteiger charge is -2.04. The summed E-state index contributed by atoms with van der Waals surface area (Å²) in [7, 11) is -2.09. The summed E-state index contributed by atoms with van der Waals surface area (Å²) in [4.78, 5) is 9.06. The molecule has 0 fully saturated rings. The van der Waals surface area contributed by atoms with Crippen LogP contribution in [0.5, 0.6) is 0 Å². The Bertz CT molecular complexity index is 252. The molecule has 0 saturated carbocycles. The molecule has 0 aromatic carbocycles. The highest BCUT2D eigenvalue weighted by Crippen LogP contribution is 2.40. The fourth-order valence-electron chi connectivity index (χ4n) is 1.11. The molecule has 0 rings (SSSR count). The molecule has 0 spiro atoms. The van der Waals surface area contributed by atoms with E-state index in [9.17, 15) is 4.57 Å². The molecule has 0 amide bonds. The normalized spacial score (nSPS) is 14.1. The first-order valence-electron chi connectivity index (χ1n) is 5.45. The van der Waals surface area contributed by atoms with Crippen LogP contribution in [0.15, 0.2) is 0 Å². The maximum Gasteiger partial charge on any atom is 0.328 e. The zero-order valence-electron chi connectivity index (χ0n) is 9.66. The summed E-state index contributed by atoms with van der Waals surface area (Å²) in [5.74, 6) is 5.89. The van der Waals surface area contributed by atoms with Crippen LogP contribution in [0.3, 0.4) is 0 Å². The SMILES string of the molecule is CCCCCCC#CCCP(=O)(O)OC. The molecule has 0 aliphatic carbocycles. The highest BCUT2D eigenvalue weighted by atomic mass is 31.2. The molecular formula is C11H21O3P. The van der Waals surface area contributed by atoms with Gasteiger partial charge in [-0.25, -0.2) is 0 Å². The molecule has 0 heterocycles. The second kappa shape index (κ2) is 8.97. The number of hydrogen-bond donors (Lipinski definition) is 1. The third kappa shape index (κ3) is 10.0. The number of unbranched alkanes of at least 4 members (excludes halogenated alkanes) is 4. The van der Waals surface area contributed by atoms with Crippen molar-refractivity contribution in [2.75, 3.05) is 13.3 Å². The van der Waals surface area contributed by atoms with Crippen molar-refractivity contribution in [3.8, 4) is 11.8 Å². The van der Waals surface area contributed by atoms with Gasteiger partial charge in [0.05, 0.1) is 6.16 Å². The summed E-state index contributed by atoms with van der Waals surface area (Å²) in [6.07, 6.45) is 6.30. The maximum absolute atomic E-state index is 11.0. The van der Waals surface area contributed by atoms with Gasteiger partial charge in [0.15, 0.2) is 0 Å². The Morgan fingerprint density at radius 1 is 1.20 bits per heavy atom. The van der Waals surface area contributed by atoms with E-state index >= 15 is 0 Å².